The topological polar surface area (TPSA) is 180 Å². The van der Waals surface area contributed by atoms with Gasteiger partial charge in [-0.2, -0.15) is 0 Å². The van der Waals surface area contributed by atoms with Crippen LogP contribution >= 0.6 is 0 Å². The van der Waals surface area contributed by atoms with Gasteiger partial charge in [0.2, 0.25) is 0 Å². The molecule has 8 N–H and O–H groups in total. The molecule has 0 aromatic heterocycles. The van der Waals surface area contributed by atoms with E-state index < -0.39 is 68.3 Å². The summed E-state index contributed by atoms with van der Waals surface area (Å²) in [6.45, 7) is -0.219. The van der Waals surface area contributed by atoms with Crippen LogP contribution in [0.2, 0.25) is 0 Å². The summed E-state index contributed by atoms with van der Waals surface area (Å²) >= 11 is 0. The molecule has 132 valence electrons. The number of hydrogen-bond donors (Lipinski definition) is 8. The Hall–Kier alpha value is -0.400. The monoisotopic (exact) mass is 328 g/mol. The van der Waals surface area contributed by atoms with Crippen molar-refractivity contribution in [2.75, 3.05) is 13.2 Å². The first-order valence-corrected chi connectivity index (χ1v) is 6.85. The molecule has 0 aromatic carbocycles. The van der Waals surface area contributed by atoms with Crippen LogP contribution in [0, 0.1) is 0 Å². The average molecular weight is 328 g/mol. The lowest BCUT2D eigenvalue weighted by atomic mass is 9.99. The maximum Gasteiger partial charge on any atom is 0.187 e. The van der Waals surface area contributed by atoms with Crippen LogP contribution in [0.4, 0.5) is 0 Å². The van der Waals surface area contributed by atoms with Gasteiger partial charge in [-0.05, 0) is 6.92 Å². The minimum atomic E-state index is -1.71. The first kappa shape index (κ1) is 19.6. The molecule has 0 aliphatic carbocycles. The number of rotatable bonds is 7. The Bertz CT molecular complexity index is 325. The van der Waals surface area contributed by atoms with Gasteiger partial charge in [-0.15, -0.1) is 0 Å². The Morgan fingerprint density at radius 2 is 1.55 bits per heavy atom. The van der Waals surface area contributed by atoms with E-state index in [0.29, 0.717) is 0 Å². The third-order valence-electron chi connectivity index (χ3n) is 3.56. The minimum absolute atomic E-state index is 0.659. The van der Waals surface area contributed by atoms with Crippen molar-refractivity contribution >= 4 is 0 Å². The first-order valence-electron chi connectivity index (χ1n) is 6.85. The van der Waals surface area contributed by atoms with Crippen LogP contribution in [0.1, 0.15) is 6.92 Å². The molecule has 1 fully saturated rings. The Balaban J connectivity index is 2.76. The van der Waals surface area contributed by atoms with E-state index >= 15 is 0 Å². The van der Waals surface area contributed by atoms with Crippen molar-refractivity contribution in [2.45, 2.75) is 62.0 Å². The standard InChI is InChI=1S/C12H24O10/c1-4(15)7(16)8(17)5(2-13)21-12-11(20)10(19)9(18)6(3-14)22-12/h4-20H,2-3H2,1H3. The first-order chi connectivity index (χ1) is 10.2. The molecule has 1 rings (SSSR count). The molecule has 1 saturated heterocycles. The molecule has 22 heavy (non-hydrogen) atoms. The van der Waals surface area contributed by atoms with Gasteiger partial charge in [-0.3, -0.25) is 0 Å². The fourth-order valence-corrected chi connectivity index (χ4v) is 2.09. The predicted octanol–water partition coefficient (Wildman–Crippen LogP) is -4.73. The summed E-state index contributed by atoms with van der Waals surface area (Å²) in [4.78, 5) is 0. The van der Waals surface area contributed by atoms with Crippen LogP contribution in [0.25, 0.3) is 0 Å². The molecule has 0 radical (unpaired) electrons. The summed E-state index contributed by atoms with van der Waals surface area (Å²) in [5.41, 5.74) is 0. The van der Waals surface area contributed by atoms with Crippen molar-refractivity contribution in [1.29, 1.82) is 0 Å². The maximum atomic E-state index is 9.81. The fourth-order valence-electron chi connectivity index (χ4n) is 2.09. The molecule has 0 bridgehead atoms. The maximum absolute atomic E-state index is 9.81. The van der Waals surface area contributed by atoms with Gasteiger partial charge in [0, 0.05) is 0 Å². The van der Waals surface area contributed by atoms with Crippen molar-refractivity contribution in [1.82, 2.24) is 0 Å². The second-order valence-corrected chi connectivity index (χ2v) is 5.28. The molecular formula is C12H24O10. The van der Waals surface area contributed by atoms with Crippen molar-refractivity contribution in [3.05, 3.63) is 0 Å². The number of ether oxygens (including phenoxy) is 2. The van der Waals surface area contributed by atoms with Crippen LogP contribution in [-0.2, 0) is 9.47 Å². The highest BCUT2D eigenvalue weighted by Crippen LogP contribution is 2.24. The molecule has 10 nitrogen and oxygen atoms in total. The van der Waals surface area contributed by atoms with Gasteiger partial charge < -0.3 is 50.3 Å². The van der Waals surface area contributed by atoms with Gasteiger partial charge in [0.05, 0.1) is 19.3 Å². The summed E-state index contributed by atoms with van der Waals surface area (Å²) in [6.07, 6.45) is -13.8. The van der Waals surface area contributed by atoms with Gasteiger partial charge in [-0.25, -0.2) is 0 Å². The highest BCUT2D eigenvalue weighted by Gasteiger charge is 2.45. The molecule has 0 saturated carbocycles. The quantitative estimate of drug-likeness (QED) is 0.226. The highest BCUT2D eigenvalue weighted by atomic mass is 16.7. The lowest BCUT2D eigenvalue weighted by Crippen LogP contribution is -2.61. The third kappa shape index (κ3) is 4.32. The van der Waals surface area contributed by atoms with Crippen molar-refractivity contribution in [2.24, 2.45) is 0 Å². The molecule has 9 unspecified atom stereocenters. The molecule has 9 atom stereocenters. The molecule has 0 spiro atoms. The smallest absolute Gasteiger partial charge is 0.187 e. The van der Waals surface area contributed by atoms with Gasteiger partial charge in [-0.1, -0.05) is 0 Å². The van der Waals surface area contributed by atoms with E-state index in [1.165, 1.54) is 6.92 Å². The number of hydrogen-bond acceptors (Lipinski definition) is 10. The molecule has 1 heterocycles. The van der Waals surface area contributed by atoms with Crippen molar-refractivity contribution < 1.29 is 50.3 Å². The lowest BCUT2D eigenvalue weighted by molar-refractivity contribution is -0.322. The second-order valence-electron chi connectivity index (χ2n) is 5.28. The average Bonchev–Trinajstić information content (AvgIpc) is 2.50. The summed E-state index contributed by atoms with van der Waals surface area (Å²) in [5.74, 6) is 0. The van der Waals surface area contributed by atoms with Crippen molar-refractivity contribution in [3.8, 4) is 0 Å². The minimum Gasteiger partial charge on any atom is -0.394 e. The zero-order chi connectivity index (χ0) is 17.0. The van der Waals surface area contributed by atoms with Crippen LogP contribution in [0.5, 0.6) is 0 Å². The van der Waals surface area contributed by atoms with Crippen LogP contribution < -0.4 is 0 Å². The molecule has 1 aliphatic rings. The molecule has 10 heteroatoms. The van der Waals surface area contributed by atoms with Gasteiger partial charge in [0.15, 0.2) is 6.29 Å². The van der Waals surface area contributed by atoms with E-state index in [0.717, 1.165) is 0 Å². The Morgan fingerprint density at radius 1 is 0.955 bits per heavy atom. The SMILES string of the molecule is CC(O)C(O)C(O)C(CO)OC1OC(CO)C(O)C(O)C1O. The zero-order valence-electron chi connectivity index (χ0n) is 12.0. The summed E-state index contributed by atoms with van der Waals surface area (Å²) in [5, 5.41) is 75.8. The normalized spacial score (nSPS) is 38.3. The van der Waals surface area contributed by atoms with Gasteiger partial charge in [0.25, 0.3) is 0 Å². The summed E-state index contributed by atoms with van der Waals surface area (Å²) in [6, 6.07) is 0. The van der Waals surface area contributed by atoms with E-state index in [1.807, 2.05) is 0 Å². The van der Waals surface area contributed by atoms with Crippen LogP contribution in [-0.4, -0.2) is 109 Å². The highest BCUT2D eigenvalue weighted by molar-refractivity contribution is 4.90. The Morgan fingerprint density at radius 3 is 2.00 bits per heavy atom. The fraction of sp³-hybridized carbons (Fsp3) is 1.00. The Labute approximate surface area is 126 Å². The molecule has 0 aromatic rings. The van der Waals surface area contributed by atoms with E-state index in [-0.39, 0.29) is 0 Å². The lowest BCUT2D eigenvalue weighted by Gasteiger charge is -2.41. The predicted molar refractivity (Wildman–Crippen MR) is 69.4 cm³/mol. The molecule has 0 amide bonds. The number of aliphatic hydroxyl groups is 8. The second kappa shape index (κ2) is 8.45. The summed E-state index contributed by atoms with van der Waals surface area (Å²) in [7, 11) is 0. The van der Waals surface area contributed by atoms with Crippen molar-refractivity contribution in [3.63, 3.8) is 0 Å². The van der Waals surface area contributed by atoms with Gasteiger partial charge >= 0.3 is 0 Å². The van der Waals surface area contributed by atoms with Crippen LogP contribution in [0.15, 0.2) is 0 Å². The largest absolute Gasteiger partial charge is 0.394 e. The Kier molecular flexibility index (Phi) is 7.55. The zero-order valence-corrected chi connectivity index (χ0v) is 12.0. The van der Waals surface area contributed by atoms with E-state index in [1.54, 1.807) is 0 Å². The van der Waals surface area contributed by atoms with E-state index in [2.05, 4.69) is 0 Å². The molecule has 1 aliphatic heterocycles. The molecular weight excluding hydrogens is 304 g/mol. The van der Waals surface area contributed by atoms with E-state index in [4.69, 9.17) is 14.6 Å². The third-order valence-corrected chi connectivity index (χ3v) is 3.56. The van der Waals surface area contributed by atoms with Crippen LogP contribution in [0.3, 0.4) is 0 Å². The van der Waals surface area contributed by atoms with Gasteiger partial charge in [0.1, 0.15) is 42.7 Å². The summed E-state index contributed by atoms with van der Waals surface area (Å²) < 4.78 is 10.2. The van der Waals surface area contributed by atoms with E-state index in [9.17, 15) is 35.7 Å². The number of aliphatic hydroxyl groups excluding tert-OH is 8.